The number of carbonyl (C=O) groups is 1. The van der Waals surface area contributed by atoms with Crippen molar-refractivity contribution < 1.29 is 4.79 Å². The summed E-state index contributed by atoms with van der Waals surface area (Å²) in [5, 5.41) is 2.81. The Morgan fingerprint density at radius 1 is 1.53 bits per heavy atom. The van der Waals surface area contributed by atoms with E-state index >= 15 is 0 Å². The number of aromatic nitrogens is 2. The number of amides is 1. The van der Waals surface area contributed by atoms with Crippen LogP contribution < -0.4 is 16.0 Å². The standard InChI is InChI=1S/C11H19N5O/c1-4-5-13-10(17)7-16(3)9-6-8(2)14-11(12)15-9/h6H,4-5,7H2,1-3H3,(H,13,17)(H2,12,14,15). The molecule has 1 amide bonds. The topological polar surface area (TPSA) is 84.1 Å². The normalized spacial score (nSPS) is 10.1. The maximum absolute atomic E-state index is 11.5. The highest BCUT2D eigenvalue weighted by atomic mass is 16.2. The molecule has 3 N–H and O–H groups in total. The highest BCUT2D eigenvalue weighted by Crippen LogP contribution is 2.11. The van der Waals surface area contributed by atoms with Gasteiger partial charge >= 0.3 is 0 Å². The molecule has 94 valence electrons. The fraction of sp³-hybridized carbons (Fsp3) is 0.545. The molecule has 6 nitrogen and oxygen atoms in total. The summed E-state index contributed by atoms with van der Waals surface area (Å²) in [4.78, 5) is 21.3. The lowest BCUT2D eigenvalue weighted by molar-refractivity contribution is -0.119. The summed E-state index contributed by atoms with van der Waals surface area (Å²) in [5.41, 5.74) is 6.34. The SMILES string of the molecule is CCCNC(=O)CN(C)c1cc(C)nc(N)n1. The van der Waals surface area contributed by atoms with Gasteiger partial charge in [0.1, 0.15) is 5.82 Å². The number of nitrogens with zero attached hydrogens (tertiary/aromatic N) is 3. The van der Waals surface area contributed by atoms with Crippen molar-refractivity contribution in [2.45, 2.75) is 20.3 Å². The van der Waals surface area contributed by atoms with Crippen molar-refractivity contribution in [3.05, 3.63) is 11.8 Å². The van der Waals surface area contributed by atoms with E-state index in [1.165, 1.54) is 0 Å². The second-order valence-electron chi connectivity index (χ2n) is 3.93. The number of nitrogens with one attached hydrogen (secondary N) is 1. The third-order valence-electron chi connectivity index (χ3n) is 2.20. The number of hydrogen-bond acceptors (Lipinski definition) is 5. The molecule has 0 saturated carbocycles. The Kier molecular flexibility index (Phi) is 4.68. The van der Waals surface area contributed by atoms with E-state index in [1.807, 2.05) is 13.8 Å². The number of hydrogen-bond donors (Lipinski definition) is 2. The monoisotopic (exact) mass is 237 g/mol. The molecule has 0 radical (unpaired) electrons. The van der Waals surface area contributed by atoms with Gasteiger partial charge in [0, 0.05) is 25.4 Å². The van der Waals surface area contributed by atoms with Crippen LogP contribution >= 0.6 is 0 Å². The lowest BCUT2D eigenvalue weighted by Crippen LogP contribution is -2.36. The zero-order chi connectivity index (χ0) is 12.8. The molecule has 1 rings (SSSR count). The van der Waals surface area contributed by atoms with Crippen LogP contribution in [0.4, 0.5) is 11.8 Å². The van der Waals surface area contributed by atoms with E-state index in [0.717, 1.165) is 12.1 Å². The van der Waals surface area contributed by atoms with Gasteiger partial charge in [0.25, 0.3) is 0 Å². The zero-order valence-electron chi connectivity index (χ0n) is 10.5. The summed E-state index contributed by atoms with van der Waals surface area (Å²) < 4.78 is 0. The van der Waals surface area contributed by atoms with Gasteiger partial charge in [-0.05, 0) is 13.3 Å². The predicted molar refractivity (Wildman–Crippen MR) is 67.8 cm³/mol. The van der Waals surface area contributed by atoms with Crippen molar-refractivity contribution in [3.8, 4) is 0 Å². The summed E-state index contributed by atoms with van der Waals surface area (Å²) in [6.07, 6.45) is 0.926. The van der Waals surface area contributed by atoms with E-state index in [1.54, 1.807) is 18.0 Å². The van der Waals surface area contributed by atoms with Gasteiger partial charge in [-0.2, -0.15) is 4.98 Å². The summed E-state index contributed by atoms with van der Waals surface area (Å²) >= 11 is 0. The van der Waals surface area contributed by atoms with Gasteiger partial charge in [-0.3, -0.25) is 4.79 Å². The Labute approximate surface area is 101 Å². The van der Waals surface area contributed by atoms with Crippen LogP contribution in [0, 0.1) is 6.92 Å². The fourth-order valence-electron chi connectivity index (χ4n) is 1.39. The van der Waals surface area contributed by atoms with Crippen LogP contribution in [0.25, 0.3) is 0 Å². The number of aryl methyl sites for hydroxylation is 1. The van der Waals surface area contributed by atoms with Crippen LogP contribution in [0.2, 0.25) is 0 Å². The Morgan fingerprint density at radius 3 is 2.82 bits per heavy atom. The number of rotatable bonds is 5. The van der Waals surface area contributed by atoms with Crippen LogP contribution in [0.1, 0.15) is 19.0 Å². The minimum atomic E-state index is -0.0239. The molecule has 0 bridgehead atoms. The van der Waals surface area contributed by atoms with E-state index in [0.29, 0.717) is 12.4 Å². The number of nitrogen functional groups attached to an aromatic ring is 1. The van der Waals surface area contributed by atoms with Crippen LogP contribution in [0.5, 0.6) is 0 Å². The molecule has 0 aromatic carbocycles. The summed E-state index contributed by atoms with van der Waals surface area (Å²) in [5.74, 6) is 0.853. The van der Waals surface area contributed by atoms with Crippen LogP contribution in [-0.2, 0) is 4.79 Å². The van der Waals surface area contributed by atoms with Gasteiger partial charge in [0.15, 0.2) is 0 Å². The molecule has 1 aromatic rings. The van der Waals surface area contributed by atoms with E-state index in [4.69, 9.17) is 5.73 Å². The van der Waals surface area contributed by atoms with Crippen molar-refractivity contribution in [2.75, 3.05) is 30.8 Å². The van der Waals surface area contributed by atoms with Crippen molar-refractivity contribution in [2.24, 2.45) is 0 Å². The maximum Gasteiger partial charge on any atom is 0.239 e. The maximum atomic E-state index is 11.5. The number of nitrogens with two attached hydrogens (primary N) is 1. The predicted octanol–water partition coefficient (Wildman–Crippen LogP) is 0.330. The molecule has 1 aromatic heterocycles. The fourth-order valence-corrected chi connectivity index (χ4v) is 1.39. The van der Waals surface area contributed by atoms with Gasteiger partial charge in [-0.15, -0.1) is 0 Å². The molecule has 6 heteroatoms. The van der Waals surface area contributed by atoms with Gasteiger partial charge in [0.05, 0.1) is 6.54 Å². The molecular weight excluding hydrogens is 218 g/mol. The minimum absolute atomic E-state index is 0.0239. The average Bonchev–Trinajstić information content (AvgIpc) is 2.25. The van der Waals surface area contributed by atoms with Crippen LogP contribution in [-0.4, -0.2) is 36.0 Å². The molecule has 0 spiro atoms. The molecule has 0 aliphatic carbocycles. The highest BCUT2D eigenvalue weighted by molar-refractivity contribution is 5.80. The van der Waals surface area contributed by atoms with E-state index < -0.39 is 0 Å². The van der Waals surface area contributed by atoms with Gasteiger partial charge in [-0.25, -0.2) is 4.98 Å². The molecular formula is C11H19N5O. The molecule has 0 unspecified atom stereocenters. The molecule has 0 aliphatic rings. The summed E-state index contributed by atoms with van der Waals surface area (Å²) in [6.45, 7) is 4.80. The minimum Gasteiger partial charge on any atom is -0.368 e. The van der Waals surface area contributed by atoms with Gasteiger partial charge in [-0.1, -0.05) is 6.92 Å². The lowest BCUT2D eigenvalue weighted by atomic mass is 10.4. The van der Waals surface area contributed by atoms with Crippen molar-refractivity contribution in [1.29, 1.82) is 0 Å². The summed E-state index contributed by atoms with van der Waals surface area (Å²) in [7, 11) is 1.80. The van der Waals surface area contributed by atoms with E-state index in [2.05, 4.69) is 15.3 Å². The molecule has 0 saturated heterocycles. The molecule has 0 atom stereocenters. The first kappa shape index (κ1) is 13.2. The molecule has 0 fully saturated rings. The highest BCUT2D eigenvalue weighted by Gasteiger charge is 2.09. The van der Waals surface area contributed by atoms with E-state index in [-0.39, 0.29) is 18.4 Å². The zero-order valence-corrected chi connectivity index (χ0v) is 10.5. The molecule has 1 heterocycles. The van der Waals surface area contributed by atoms with Crippen LogP contribution in [0.3, 0.4) is 0 Å². The quantitative estimate of drug-likeness (QED) is 0.771. The third-order valence-corrected chi connectivity index (χ3v) is 2.20. The number of likely N-dealkylation sites (N-methyl/N-ethyl adjacent to an activating group) is 1. The average molecular weight is 237 g/mol. The Hall–Kier alpha value is -1.85. The summed E-state index contributed by atoms with van der Waals surface area (Å²) in [6, 6.07) is 1.80. The molecule has 17 heavy (non-hydrogen) atoms. The molecule has 0 aliphatic heterocycles. The lowest BCUT2D eigenvalue weighted by Gasteiger charge is -2.18. The second-order valence-corrected chi connectivity index (χ2v) is 3.93. The van der Waals surface area contributed by atoms with Crippen molar-refractivity contribution >= 4 is 17.7 Å². The second kappa shape index (κ2) is 6.03. The van der Waals surface area contributed by atoms with E-state index in [9.17, 15) is 4.79 Å². The first-order valence-corrected chi connectivity index (χ1v) is 5.62. The smallest absolute Gasteiger partial charge is 0.239 e. The Bertz CT molecular complexity index is 373. The largest absolute Gasteiger partial charge is 0.368 e. The first-order valence-electron chi connectivity index (χ1n) is 5.62. The van der Waals surface area contributed by atoms with Crippen molar-refractivity contribution in [3.63, 3.8) is 0 Å². The van der Waals surface area contributed by atoms with Gasteiger partial charge in [0.2, 0.25) is 11.9 Å². The Morgan fingerprint density at radius 2 is 2.24 bits per heavy atom. The van der Waals surface area contributed by atoms with Gasteiger partial charge < -0.3 is 16.0 Å². The number of anilines is 2. The number of carbonyl (C=O) groups excluding carboxylic acids is 1. The third kappa shape index (κ3) is 4.26. The first-order chi connectivity index (χ1) is 8.02. The van der Waals surface area contributed by atoms with Crippen molar-refractivity contribution in [1.82, 2.24) is 15.3 Å². The Balaban J connectivity index is 2.63. The van der Waals surface area contributed by atoms with Crippen LogP contribution in [0.15, 0.2) is 6.07 Å².